The van der Waals surface area contributed by atoms with Crippen LogP contribution in [0.2, 0.25) is 0 Å². The van der Waals surface area contributed by atoms with Crippen LogP contribution in [0.1, 0.15) is 11.4 Å². The van der Waals surface area contributed by atoms with Gasteiger partial charge in [-0.25, -0.2) is 4.79 Å². The molecule has 0 unspecified atom stereocenters. The Labute approximate surface area is 115 Å². The van der Waals surface area contributed by atoms with E-state index < -0.39 is 24.8 Å². The topological polar surface area (TPSA) is 93.2 Å². The van der Waals surface area contributed by atoms with Crippen LogP contribution in [0.25, 0.3) is 0 Å². The maximum atomic E-state index is 11.7. The first-order valence-corrected chi connectivity index (χ1v) is 6.15. The minimum absolute atomic E-state index is 0.125. The number of hydrogen-bond acceptors (Lipinski definition) is 6. The number of alkyl halides is 3. The second-order valence-electron chi connectivity index (χ2n) is 3.54. The minimum atomic E-state index is -4.58. The number of aryl methyl sites for hydroxylation is 1. The molecule has 2 N–H and O–H groups in total. The van der Waals surface area contributed by atoms with Crippen molar-refractivity contribution in [1.29, 1.82) is 0 Å². The smallest absolute Gasteiger partial charge is 0.422 e. The van der Waals surface area contributed by atoms with Gasteiger partial charge in [-0.15, -0.1) is 10.2 Å². The molecule has 1 rings (SSSR count). The van der Waals surface area contributed by atoms with Crippen molar-refractivity contribution < 1.29 is 27.5 Å². The van der Waals surface area contributed by atoms with Gasteiger partial charge >= 0.3 is 12.3 Å². The van der Waals surface area contributed by atoms with Crippen LogP contribution in [0.3, 0.4) is 0 Å². The maximum Gasteiger partial charge on any atom is 0.422 e. The number of alkyl carbamates (subject to hydrolysis) is 1. The summed E-state index contributed by atoms with van der Waals surface area (Å²) in [6.07, 6.45) is -5.94. The van der Waals surface area contributed by atoms with E-state index in [1.54, 1.807) is 6.92 Å². The molecule has 0 aliphatic rings. The Kier molecular flexibility index (Phi) is 5.67. The van der Waals surface area contributed by atoms with E-state index in [4.69, 9.17) is 0 Å². The number of halogens is 3. The van der Waals surface area contributed by atoms with Gasteiger partial charge in [0.05, 0.1) is 0 Å². The fraction of sp³-hybridized carbons (Fsp3) is 0.556. The van der Waals surface area contributed by atoms with Gasteiger partial charge in [-0.05, 0) is 6.92 Å². The monoisotopic (exact) mass is 312 g/mol. The molecule has 1 heterocycles. The quantitative estimate of drug-likeness (QED) is 0.858. The molecule has 0 aromatic carbocycles. The molecule has 0 aliphatic carbocycles. The van der Waals surface area contributed by atoms with Crippen LogP contribution in [-0.2, 0) is 9.53 Å². The van der Waals surface area contributed by atoms with Gasteiger partial charge in [0.1, 0.15) is 5.01 Å². The van der Waals surface area contributed by atoms with E-state index in [-0.39, 0.29) is 13.0 Å². The highest BCUT2D eigenvalue weighted by Crippen LogP contribution is 2.14. The third-order valence-electron chi connectivity index (χ3n) is 1.76. The van der Waals surface area contributed by atoms with Crippen molar-refractivity contribution in [1.82, 2.24) is 15.5 Å². The summed E-state index contributed by atoms with van der Waals surface area (Å²) in [6, 6.07) is 0. The number of nitrogens with one attached hydrogen (secondary N) is 2. The minimum Gasteiger partial charge on any atom is -0.440 e. The van der Waals surface area contributed by atoms with E-state index in [2.05, 4.69) is 20.3 Å². The average Bonchev–Trinajstić information content (AvgIpc) is 2.71. The SMILES string of the molecule is Cc1nnc(NC(=O)CCNC(=O)OCC(F)(F)F)s1. The van der Waals surface area contributed by atoms with Crippen molar-refractivity contribution in [2.24, 2.45) is 0 Å². The van der Waals surface area contributed by atoms with Gasteiger partial charge in [-0.3, -0.25) is 4.79 Å². The molecule has 112 valence electrons. The van der Waals surface area contributed by atoms with Crippen LogP contribution < -0.4 is 10.6 Å². The van der Waals surface area contributed by atoms with Gasteiger partial charge in [0, 0.05) is 13.0 Å². The first-order valence-electron chi connectivity index (χ1n) is 5.33. The lowest BCUT2D eigenvalue weighted by molar-refractivity contribution is -0.160. The third kappa shape index (κ3) is 6.87. The van der Waals surface area contributed by atoms with Crippen LogP contribution >= 0.6 is 11.3 Å². The zero-order valence-electron chi connectivity index (χ0n) is 10.3. The molecule has 0 radical (unpaired) electrons. The van der Waals surface area contributed by atoms with Gasteiger partial charge in [-0.1, -0.05) is 11.3 Å². The fourth-order valence-corrected chi connectivity index (χ4v) is 1.61. The number of anilines is 1. The Morgan fingerprint density at radius 1 is 1.35 bits per heavy atom. The van der Waals surface area contributed by atoms with Crippen LogP contribution in [-0.4, -0.2) is 41.5 Å². The van der Waals surface area contributed by atoms with E-state index in [1.165, 1.54) is 11.3 Å². The summed E-state index contributed by atoms with van der Waals surface area (Å²) in [4.78, 5) is 22.2. The maximum absolute atomic E-state index is 11.7. The second kappa shape index (κ2) is 7.03. The first-order chi connectivity index (χ1) is 9.26. The van der Waals surface area contributed by atoms with E-state index in [1.807, 2.05) is 5.32 Å². The van der Waals surface area contributed by atoms with Crippen LogP contribution in [0.5, 0.6) is 0 Å². The molecule has 0 fully saturated rings. The van der Waals surface area contributed by atoms with Gasteiger partial charge in [-0.2, -0.15) is 13.2 Å². The number of aromatic nitrogens is 2. The van der Waals surface area contributed by atoms with E-state index in [0.29, 0.717) is 10.1 Å². The summed E-state index contributed by atoms with van der Waals surface area (Å²) in [6.45, 7) is -0.110. The molecule has 2 amide bonds. The number of ether oxygens (including phenoxy) is 1. The predicted molar refractivity (Wildman–Crippen MR) is 63.3 cm³/mol. The zero-order chi connectivity index (χ0) is 15.2. The van der Waals surface area contributed by atoms with E-state index >= 15 is 0 Å². The van der Waals surface area contributed by atoms with Crippen LogP contribution in [0.4, 0.5) is 23.1 Å². The highest BCUT2D eigenvalue weighted by molar-refractivity contribution is 7.15. The molecule has 0 atom stereocenters. The Hall–Kier alpha value is -1.91. The summed E-state index contributed by atoms with van der Waals surface area (Å²) in [5.41, 5.74) is 0. The lowest BCUT2D eigenvalue weighted by Crippen LogP contribution is -2.31. The van der Waals surface area contributed by atoms with Gasteiger partial charge in [0.25, 0.3) is 0 Å². The Bertz CT molecular complexity index is 477. The summed E-state index contributed by atoms with van der Waals surface area (Å²) in [7, 11) is 0. The summed E-state index contributed by atoms with van der Waals surface area (Å²) in [5.74, 6) is -0.447. The lowest BCUT2D eigenvalue weighted by atomic mass is 10.4. The standard InChI is InChI=1S/C9H11F3N4O3S/c1-5-15-16-7(20-5)14-6(17)2-3-13-8(18)19-4-9(10,11)12/h2-4H2,1H3,(H,13,18)(H,14,16,17). The third-order valence-corrected chi connectivity index (χ3v) is 2.51. The highest BCUT2D eigenvalue weighted by Gasteiger charge is 2.29. The van der Waals surface area contributed by atoms with E-state index in [0.717, 1.165) is 0 Å². The molecule has 0 bridgehead atoms. The second-order valence-corrected chi connectivity index (χ2v) is 4.72. The molecule has 0 spiro atoms. The van der Waals surface area contributed by atoms with Gasteiger partial charge < -0.3 is 15.4 Å². The fourth-order valence-electron chi connectivity index (χ4n) is 1.01. The molecule has 1 aromatic heterocycles. The number of carbonyl (C=O) groups is 2. The molecule has 11 heteroatoms. The van der Waals surface area contributed by atoms with Crippen molar-refractivity contribution >= 4 is 28.5 Å². The van der Waals surface area contributed by atoms with Crippen molar-refractivity contribution in [2.75, 3.05) is 18.5 Å². The molecule has 1 aromatic rings. The predicted octanol–water partition coefficient (Wildman–Crippen LogP) is 1.46. The van der Waals surface area contributed by atoms with Gasteiger partial charge in [0.2, 0.25) is 11.0 Å². The molecule has 7 nitrogen and oxygen atoms in total. The van der Waals surface area contributed by atoms with Crippen molar-refractivity contribution in [3.63, 3.8) is 0 Å². The number of rotatable bonds is 5. The molecular formula is C9H11F3N4O3S. The Morgan fingerprint density at radius 2 is 2.05 bits per heavy atom. The summed E-state index contributed by atoms with van der Waals surface area (Å²) < 4.78 is 39.1. The Balaban J connectivity index is 2.17. The van der Waals surface area contributed by atoms with Crippen molar-refractivity contribution in [3.8, 4) is 0 Å². The molecule has 0 saturated carbocycles. The lowest BCUT2D eigenvalue weighted by Gasteiger charge is -2.08. The van der Waals surface area contributed by atoms with Crippen molar-refractivity contribution in [2.45, 2.75) is 19.5 Å². The first kappa shape index (κ1) is 16.1. The molecule has 20 heavy (non-hydrogen) atoms. The number of amides is 2. The van der Waals surface area contributed by atoms with Crippen LogP contribution in [0, 0.1) is 6.92 Å². The number of nitrogens with zero attached hydrogens (tertiary/aromatic N) is 2. The normalized spacial score (nSPS) is 11.0. The molecule has 0 aliphatic heterocycles. The van der Waals surface area contributed by atoms with Gasteiger partial charge in [0.15, 0.2) is 6.61 Å². The van der Waals surface area contributed by atoms with Crippen molar-refractivity contribution in [3.05, 3.63) is 5.01 Å². The summed E-state index contributed by atoms with van der Waals surface area (Å²) >= 11 is 1.18. The summed E-state index contributed by atoms with van der Waals surface area (Å²) in [5, 5.41) is 12.8. The Morgan fingerprint density at radius 3 is 2.60 bits per heavy atom. The average molecular weight is 312 g/mol. The largest absolute Gasteiger partial charge is 0.440 e. The van der Waals surface area contributed by atoms with Crippen LogP contribution in [0.15, 0.2) is 0 Å². The zero-order valence-corrected chi connectivity index (χ0v) is 11.1. The number of hydrogen-bond donors (Lipinski definition) is 2. The van der Waals surface area contributed by atoms with E-state index in [9.17, 15) is 22.8 Å². The number of carbonyl (C=O) groups excluding carboxylic acids is 2. The molecule has 0 saturated heterocycles. The highest BCUT2D eigenvalue weighted by atomic mass is 32.1. The molecular weight excluding hydrogens is 301 g/mol.